The topological polar surface area (TPSA) is 101 Å². The molecule has 0 aliphatic heterocycles. The number of benzene rings is 1. The van der Waals surface area contributed by atoms with Crippen LogP contribution in [-0.4, -0.2) is 30.1 Å². The van der Waals surface area contributed by atoms with E-state index in [0.29, 0.717) is 5.75 Å². The van der Waals surface area contributed by atoms with Crippen molar-refractivity contribution < 1.29 is 23.9 Å². The molecule has 0 spiro atoms. The minimum Gasteiger partial charge on any atom is -0.497 e. The van der Waals surface area contributed by atoms with Crippen LogP contribution in [0.15, 0.2) is 36.5 Å². The Morgan fingerprint density at radius 1 is 1.23 bits per heavy atom. The second-order valence-corrected chi connectivity index (χ2v) is 4.07. The monoisotopic (exact) mass is 304 g/mol. The number of hydrogen-bond donors (Lipinski definition) is 0. The van der Waals surface area contributed by atoms with Gasteiger partial charge in [0.2, 0.25) is 5.88 Å². The summed E-state index contributed by atoms with van der Waals surface area (Å²) in [5.41, 5.74) is -0.00252. The van der Waals surface area contributed by atoms with Crippen LogP contribution in [0.4, 0.5) is 5.69 Å². The number of hydrogen-bond acceptors (Lipinski definition) is 7. The van der Waals surface area contributed by atoms with E-state index in [9.17, 15) is 14.9 Å². The lowest BCUT2D eigenvalue weighted by Crippen LogP contribution is -2.04. The summed E-state index contributed by atoms with van der Waals surface area (Å²) in [4.78, 5) is 25.6. The minimum absolute atomic E-state index is 0.112. The van der Waals surface area contributed by atoms with Crippen molar-refractivity contribution in [3.63, 3.8) is 0 Å². The SMILES string of the molecule is COC(=O)c1cc(OC)ccc1Oc1ccc([N+](=O)[O-])cn1. The normalized spacial score (nSPS) is 9.91. The maximum atomic E-state index is 11.8. The van der Waals surface area contributed by atoms with Gasteiger partial charge in [-0.25, -0.2) is 9.78 Å². The lowest BCUT2D eigenvalue weighted by molar-refractivity contribution is -0.385. The fourth-order valence-corrected chi connectivity index (χ4v) is 1.65. The number of ether oxygens (including phenoxy) is 3. The molecule has 114 valence electrons. The van der Waals surface area contributed by atoms with Gasteiger partial charge >= 0.3 is 5.97 Å². The van der Waals surface area contributed by atoms with Gasteiger partial charge in [0, 0.05) is 12.1 Å². The fraction of sp³-hybridized carbons (Fsp3) is 0.143. The van der Waals surface area contributed by atoms with Gasteiger partial charge in [-0.15, -0.1) is 0 Å². The van der Waals surface area contributed by atoms with Crippen LogP contribution < -0.4 is 9.47 Å². The van der Waals surface area contributed by atoms with Crippen LogP contribution in [0.2, 0.25) is 0 Å². The standard InChI is InChI=1S/C14H12N2O6/c1-20-10-4-5-12(11(7-10)14(17)21-2)22-13-6-3-9(8-15-13)16(18)19/h3-8H,1-2H3. The lowest BCUT2D eigenvalue weighted by Gasteiger charge is -2.10. The van der Waals surface area contributed by atoms with Gasteiger partial charge in [0.05, 0.1) is 19.1 Å². The Bertz CT molecular complexity index is 699. The summed E-state index contributed by atoms with van der Waals surface area (Å²) in [5, 5.41) is 10.6. The average molecular weight is 304 g/mol. The van der Waals surface area contributed by atoms with E-state index in [2.05, 4.69) is 9.72 Å². The van der Waals surface area contributed by atoms with Crippen LogP contribution >= 0.6 is 0 Å². The van der Waals surface area contributed by atoms with Gasteiger partial charge in [-0.3, -0.25) is 10.1 Å². The van der Waals surface area contributed by atoms with Gasteiger partial charge < -0.3 is 14.2 Å². The van der Waals surface area contributed by atoms with Gasteiger partial charge in [0.15, 0.2) is 0 Å². The van der Waals surface area contributed by atoms with E-state index < -0.39 is 10.9 Å². The summed E-state index contributed by atoms with van der Waals surface area (Å²) in [6, 6.07) is 7.18. The Labute approximate surface area is 125 Å². The molecule has 2 aromatic rings. The molecule has 2 rings (SSSR count). The van der Waals surface area contributed by atoms with Crippen LogP contribution in [0.5, 0.6) is 17.4 Å². The molecule has 0 bridgehead atoms. The molecule has 1 aromatic carbocycles. The quantitative estimate of drug-likeness (QED) is 0.475. The second-order valence-electron chi connectivity index (χ2n) is 4.07. The zero-order valence-corrected chi connectivity index (χ0v) is 11.8. The Morgan fingerprint density at radius 2 is 2.00 bits per heavy atom. The first kappa shape index (κ1) is 15.2. The van der Waals surface area contributed by atoms with E-state index in [4.69, 9.17) is 9.47 Å². The zero-order valence-electron chi connectivity index (χ0n) is 11.8. The molecule has 0 saturated carbocycles. The lowest BCUT2D eigenvalue weighted by atomic mass is 10.2. The molecular weight excluding hydrogens is 292 g/mol. The largest absolute Gasteiger partial charge is 0.497 e. The molecule has 1 heterocycles. The van der Waals surface area contributed by atoms with Crippen LogP contribution in [-0.2, 0) is 4.74 Å². The molecule has 8 heteroatoms. The average Bonchev–Trinajstić information content (AvgIpc) is 2.55. The van der Waals surface area contributed by atoms with Crippen LogP contribution in [0.25, 0.3) is 0 Å². The van der Waals surface area contributed by atoms with Crippen molar-refractivity contribution in [2.45, 2.75) is 0 Å². The molecule has 0 unspecified atom stereocenters. The number of methoxy groups -OCH3 is 2. The van der Waals surface area contributed by atoms with Crippen LogP contribution in [0.3, 0.4) is 0 Å². The van der Waals surface area contributed by atoms with Gasteiger partial charge in [0.25, 0.3) is 5.69 Å². The summed E-state index contributed by atoms with van der Waals surface area (Å²) in [6.45, 7) is 0. The van der Waals surface area contributed by atoms with Gasteiger partial charge in [-0.2, -0.15) is 0 Å². The number of nitrogens with zero attached hydrogens (tertiary/aromatic N) is 2. The van der Waals surface area contributed by atoms with E-state index in [0.717, 1.165) is 6.20 Å². The third-order valence-corrected chi connectivity index (χ3v) is 2.74. The Kier molecular flexibility index (Phi) is 4.52. The number of carbonyl (C=O) groups excluding carboxylic acids is 1. The highest BCUT2D eigenvalue weighted by atomic mass is 16.6. The molecule has 0 saturated heterocycles. The smallest absolute Gasteiger partial charge is 0.341 e. The van der Waals surface area contributed by atoms with Crippen molar-refractivity contribution in [2.24, 2.45) is 0 Å². The predicted molar refractivity (Wildman–Crippen MR) is 75.3 cm³/mol. The van der Waals surface area contributed by atoms with E-state index in [1.165, 1.54) is 38.5 Å². The fourth-order valence-electron chi connectivity index (χ4n) is 1.65. The molecule has 22 heavy (non-hydrogen) atoms. The summed E-state index contributed by atoms with van der Waals surface area (Å²) in [6.07, 6.45) is 1.07. The first-order chi connectivity index (χ1) is 10.5. The van der Waals surface area contributed by atoms with E-state index in [1.54, 1.807) is 6.07 Å². The number of aromatic nitrogens is 1. The van der Waals surface area contributed by atoms with Crippen molar-refractivity contribution in [2.75, 3.05) is 14.2 Å². The Morgan fingerprint density at radius 3 is 2.55 bits per heavy atom. The molecule has 8 nitrogen and oxygen atoms in total. The highest BCUT2D eigenvalue weighted by Crippen LogP contribution is 2.29. The van der Waals surface area contributed by atoms with E-state index in [1.807, 2.05) is 0 Å². The zero-order chi connectivity index (χ0) is 16.1. The van der Waals surface area contributed by atoms with E-state index in [-0.39, 0.29) is 22.9 Å². The van der Waals surface area contributed by atoms with E-state index >= 15 is 0 Å². The molecular formula is C14H12N2O6. The number of carbonyl (C=O) groups is 1. The molecule has 1 aromatic heterocycles. The van der Waals surface area contributed by atoms with Crippen LogP contribution in [0.1, 0.15) is 10.4 Å². The Hall–Kier alpha value is -3.16. The highest BCUT2D eigenvalue weighted by Gasteiger charge is 2.16. The molecule has 0 N–H and O–H groups in total. The summed E-state index contributed by atoms with van der Waals surface area (Å²) in [5.74, 6) is 0.176. The van der Waals surface area contributed by atoms with Crippen molar-refractivity contribution in [3.05, 3.63) is 52.2 Å². The minimum atomic E-state index is -0.601. The number of pyridine rings is 1. The summed E-state index contributed by atoms with van der Waals surface area (Å²) < 4.78 is 15.2. The molecule has 0 radical (unpaired) electrons. The summed E-state index contributed by atoms with van der Waals surface area (Å²) >= 11 is 0. The number of esters is 1. The van der Waals surface area contributed by atoms with Crippen molar-refractivity contribution in [3.8, 4) is 17.4 Å². The third kappa shape index (κ3) is 3.29. The van der Waals surface area contributed by atoms with Crippen molar-refractivity contribution in [1.82, 2.24) is 4.98 Å². The molecule has 0 aliphatic rings. The van der Waals surface area contributed by atoms with Gasteiger partial charge in [-0.05, 0) is 18.2 Å². The highest BCUT2D eigenvalue weighted by molar-refractivity contribution is 5.93. The number of rotatable bonds is 5. The second kappa shape index (κ2) is 6.53. The first-order valence-corrected chi connectivity index (χ1v) is 6.10. The molecule has 0 aliphatic carbocycles. The summed E-state index contributed by atoms with van der Waals surface area (Å²) in [7, 11) is 2.71. The Balaban J connectivity index is 2.32. The number of nitro groups is 1. The van der Waals surface area contributed by atoms with Crippen molar-refractivity contribution >= 4 is 11.7 Å². The third-order valence-electron chi connectivity index (χ3n) is 2.74. The predicted octanol–water partition coefficient (Wildman–Crippen LogP) is 2.58. The van der Waals surface area contributed by atoms with Gasteiger partial charge in [0.1, 0.15) is 23.3 Å². The maximum Gasteiger partial charge on any atom is 0.341 e. The van der Waals surface area contributed by atoms with Gasteiger partial charge in [-0.1, -0.05) is 0 Å². The van der Waals surface area contributed by atoms with Crippen molar-refractivity contribution in [1.29, 1.82) is 0 Å². The maximum absolute atomic E-state index is 11.8. The van der Waals surface area contributed by atoms with Crippen LogP contribution in [0, 0.1) is 10.1 Å². The first-order valence-electron chi connectivity index (χ1n) is 6.10. The molecule has 0 amide bonds. The molecule has 0 atom stereocenters. The molecule has 0 fully saturated rings.